The number of nitrogens with zero attached hydrogens (tertiary/aromatic N) is 3. The molecule has 0 aliphatic heterocycles. The minimum atomic E-state index is -0.836. The third-order valence-electron chi connectivity index (χ3n) is 2.62. The molecule has 0 aliphatic carbocycles. The van der Waals surface area contributed by atoms with Crippen LogP contribution in [0.2, 0.25) is 0 Å². The molecule has 1 N–H and O–H groups in total. The number of ether oxygens (including phenoxy) is 1. The zero-order valence-electron chi connectivity index (χ0n) is 10.1. The van der Waals surface area contributed by atoms with Crippen LogP contribution in [0.1, 0.15) is 23.2 Å². The van der Waals surface area contributed by atoms with Crippen molar-refractivity contribution in [1.82, 2.24) is 14.8 Å². The largest absolute Gasteiger partial charge is 0.493 e. The van der Waals surface area contributed by atoms with Gasteiger partial charge in [0.2, 0.25) is 0 Å². The second kappa shape index (κ2) is 4.55. The lowest BCUT2D eigenvalue weighted by Crippen LogP contribution is -2.09. The SMILES string of the molecule is COc1cnn(C)c1C(O)c1cccc(C)n1. The quantitative estimate of drug-likeness (QED) is 0.865. The smallest absolute Gasteiger partial charge is 0.163 e. The molecule has 90 valence electrons. The van der Waals surface area contributed by atoms with E-state index in [2.05, 4.69) is 10.1 Å². The molecule has 0 amide bonds. The summed E-state index contributed by atoms with van der Waals surface area (Å²) in [5, 5.41) is 14.4. The fourth-order valence-corrected chi connectivity index (χ4v) is 1.75. The first-order valence-corrected chi connectivity index (χ1v) is 5.31. The van der Waals surface area contributed by atoms with Gasteiger partial charge >= 0.3 is 0 Å². The Morgan fingerprint density at radius 3 is 2.82 bits per heavy atom. The van der Waals surface area contributed by atoms with Gasteiger partial charge in [0.05, 0.1) is 19.0 Å². The molecule has 0 bridgehead atoms. The first-order valence-electron chi connectivity index (χ1n) is 5.31. The number of aryl methyl sites for hydroxylation is 2. The predicted octanol–water partition coefficient (Wildman–Crippen LogP) is 1.21. The first-order chi connectivity index (χ1) is 8.13. The highest BCUT2D eigenvalue weighted by Crippen LogP contribution is 2.28. The van der Waals surface area contributed by atoms with Crippen molar-refractivity contribution in [1.29, 1.82) is 0 Å². The van der Waals surface area contributed by atoms with Crippen LogP contribution in [0.25, 0.3) is 0 Å². The van der Waals surface area contributed by atoms with E-state index in [-0.39, 0.29) is 0 Å². The molecule has 0 fully saturated rings. The molecule has 1 unspecified atom stereocenters. The summed E-state index contributed by atoms with van der Waals surface area (Å²) in [6, 6.07) is 5.53. The number of aliphatic hydroxyl groups is 1. The summed E-state index contributed by atoms with van der Waals surface area (Å²) in [6.45, 7) is 1.89. The molecular formula is C12H15N3O2. The lowest BCUT2D eigenvalue weighted by Gasteiger charge is -2.12. The molecule has 2 rings (SSSR count). The fourth-order valence-electron chi connectivity index (χ4n) is 1.75. The summed E-state index contributed by atoms with van der Waals surface area (Å²) in [5.74, 6) is 0.559. The predicted molar refractivity (Wildman–Crippen MR) is 62.8 cm³/mol. The molecule has 0 spiro atoms. The van der Waals surface area contributed by atoms with E-state index in [1.54, 1.807) is 31.1 Å². The Kier molecular flexibility index (Phi) is 3.10. The van der Waals surface area contributed by atoms with E-state index in [1.165, 1.54) is 0 Å². The standard InChI is InChI=1S/C12H15N3O2/c1-8-5-4-6-9(14-8)12(16)11-10(17-3)7-13-15(11)2/h4-7,12,16H,1-3H3. The van der Waals surface area contributed by atoms with Crippen molar-refractivity contribution >= 4 is 0 Å². The molecule has 5 heteroatoms. The fraction of sp³-hybridized carbons (Fsp3) is 0.333. The summed E-state index contributed by atoms with van der Waals surface area (Å²) in [5.41, 5.74) is 2.06. The maximum atomic E-state index is 10.3. The van der Waals surface area contributed by atoms with Gasteiger partial charge in [0.15, 0.2) is 5.75 Å². The highest BCUT2D eigenvalue weighted by molar-refractivity contribution is 5.32. The number of pyridine rings is 1. The Hall–Kier alpha value is -1.88. The molecule has 0 radical (unpaired) electrons. The molecule has 0 saturated heterocycles. The van der Waals surface area contributed by atoms with E-state index in [0.717, 1.165) is 5.69 Å². The number of aromatic nitrogens is 3. The zero-order chi connectivity index (χ0) is 12.4. The average Bonchev–Trinajstić information content (AvgIpc) is 2.69. The maximum absolute atomic E-state index is 10.3. The van der Waals surface area contributed by atoms with Crippen molar-refractivity contribution < 1.29 is 9.84 Å². The second-order valence-corrected chi connectivity index (χ2v) is 3.83. The molecule has 17 heavy (non-hydrogen) atoms. The highest BCUT2D eigenvalue weighted by atomic mass is 16.5. The molecule has 5 nitrogen and oxygen atoms in total. The van der Waals surface area contributed by atoms with E-state index in [4.69, 9.17) is 4.74 Å². The summed E-state index contributed by atoms with van der Waals surface area (Å²) in [7, 11) is 3.31. The number of rotatable bonds is 3. The molecular weight excluding hydrogens is 218 g/mol. The summed E-state index contributed by atoms with van der Waals surface area (Å²) in [6.07, 6.45) is 0.742. The maximum Gasteiger partial charge on any atom is 0.163 e. The van der Waals surface area contributed by atoms with E-state index in [9.17, 15) is 5.11 Å². The third kappa shape index (κ3) is 2.14. The zero-order valence-corrected chi connectivity index (χ0v) is 10.1. The second-order valence-electron chi connectivity index (χ2n) is 3.83. The van der Waals surface area contributed by atoms with Crippen LogP contribution in [0, 0.1) is 6.92 Å². The monoisotopic (exact) mass is 233 g/mol. The third-order valence-corrected chi connectivity index (χ3v) is 2.62. The van der Waals surface area contributed by atoms with E-state index in [0.29, 0.717) is 17.1 Å². The van der Waals surface area contributed by atoms with Crippen LogP contribution in [-0.2, 0) is 7.05 Å². The van der Waals surface area contributed by atoms with Crippen LogP contribution in [0.5, 0.6) is 5.75 Å². The van der Waals surface area contributed by atoms with Gasteiger partial charge < -0.3 is 9.84 Å². The number of hydrogen-bond acceptors (Lipinski definition) is 4. The van der Waals surface area contributed by atoms with Gasteiger partial charge in [-0.1, -0.05) is 6.07 Å². The molecule has 0 saturated carbocycles. The van der Waals surface area contributed by atoms with Crippen molar-refractivity contribution in [3.63, 3.8) is 0 Å². The van der Waals surface area contributed by atoms with E-state index < -0.39 is 6.10 Å². The Balaban J connectivity index is 2.43. The Labute approximate surface area is 99.7 Å². The van der Waals surface area contributed by atoms with Crippen LogP contribution in [0.15, 0.2) is 24.4 Å². The molecule has 2 aromatic heterocycles. The van der Waals surface area contributed by atoms with Gasteiger partial charge in [-0.15, -0.1) is 0 Å². The molecule has 1 atom stereocenters. The van der Waals surface area contributed by atoms with Crippen molar-refractivity contribution in [3.05, 3.63) is 41.5 Å². The number of methoxy groups -OCH3 is 1. The minimum absolute atomic E-state index is 0.559. The van der Waals surface area contributed by atoms with Gasteiger partial charge in [0.1, 0.15) is 11.8 Å². The molecule has 2 heterocycles. The van der Waals surface area contributed by atoms with Crippen LogP contribution in [0.3, 0.4) is 0 Å². The molecule has 0 aromatic carbocycles. The summed E-state index contributed by atoms with van der Waals surface area (Å²) < 4.78 is 6.76. The number of hydrogen-bond donors (Lipinski definition) is 1. The lowest BCUT2D eigenvalue weighted by atomic mass is 10.1. The number of aliphatic hydroxyl groups excluding tert-OH is 1. The van der Waals surface area contributed by atoms with Crippen LogP contribution < -0.4 is 4.74 Å². The Morgan fingerprint density at radius 1 is 1.41 bits per heavy atom. The Bertz CT molecular complexity index is 522. The normalized spacial score (nSPS) is 12.5. The van der Waals surface area contributed by atoms with Crippen molar-refractivity contribution in [3.8, 4) is 5.75 Å². The molecule has 2 aromatic rings. The van der Waals surface area contributed by atoms with Gasteiger partial charge in [-0.25, -0.2) is 0 Å². The first kappa shape index (κ1) is 11.6. The van der Waals surface area contributed by atoms with Gasteiger partial charge in [-0.3, -0.25) is 9.67 Å². The lowest BCUT2D eigenvalue weighted by molar-refractivity contribution is 0.199. The van der Waals surface area contributed by atoms with Crippen LogP contribution in [0.4, 0.5) is 0 Å². The summed E-state index contributed by atoms with van der Waals surface area (Å²) >= 11 is 0. The van der Waals surface area contributed by atoms with Crippen LogP contribution >= 0.6 is 0 Å². The highest BCUT2D eigenvalue weighted by Gasteiger charge is 2.21. The van der Waals surface area contributed by atoms with Crippen molar-refractivity contribution in [2.75, 3.05) is 7.11 Å². The van der Waals surface area contributed by atoms with E-state index >= 15 is 0 Å². The van der Waals surface area contributed by atoms with Gasteiger partial charge in [-0.2, -0.15) is 5.10 Å². The van der Waals surface area contributed by atoms with Crippen molar-refractivity contribution in [2.45, 2.75) is 13.0 Å². The van der Waals surface area contributed by atoms with Crippen molar-refractivity contribution in [2.24, 2.45) is 7.05 Å². The topological polar surface area (TPSA) is 60.2 Å². The van der Waals surface area contributed by atoms with E-state index in [1.807, 2.05) is 19.1 Å². The minimum Gasteiger partial charge on any atom is -0.493 e. The van der Waals surface area contributed by atoms with Gasteiger partial charge in [-0.05, 0) is 19.1 Å². The van der Waals surface area contributed by atoms with Crippen LogP contribution in [-0.4, -0.2) is 27.0 Å². The Morgan fingerprint density at radius 2 is 2.18 bits per heavy atom. The molecule has 0 aliphatic rings. The van der Waals surface area contributed by atoms with Gasteiger partial charge in [0, 0.05) is 12.7 Å². The van der Waals surface area contributed by atoms with Gasteiger partial charge in [0.25, 0.3) is 0 Å². The average molecular weight is 233 g/mol. The summed E-state index contributed by atoms with van der Waals surface area (Å²) in [4.78, 5) is 4.30.